The number of methoxy groups -OCH3 is 8. The van der Waals surface area contributed by atoms with Crippen molar-refractivity contribution in [2.24, 2.45) is 11.5 Å². The average molecular weight is 2470 g/mol. The molecule has 0 bridgehead atoms. The zero-order chi connectivity index (χ0) is 97.0. The second-order valence-corrected chi connectivity index (χ2v) is 33.5. The molecule has 0 saturated carbocycles. The van der Waals surface area contributed by atoms with Crippen molar-refractivity contribution < 1.29 is 172 Å². The van der Waals surface area contributed by atoms with Crippen molar-refractivity contribution in [2.75, 3.05) is 63.5 Å². The number of ether oxygens (including phenoxy) is 10. The molecule has 1 aliphatic heterocycles. The molecule has 52 heteroatoms. The van der Waals surface area contributed by atoms with Crippen LogP contribution in [-0.2, 0) is 67.0 Å². The van der Waals surface area contributed by atoms with Crippen molar-refractivity contribution in [3.8, 4) is 47.0 Å². The smallest absolute Gasteiger partial charge is 0.479 e. The molecule has 10 aromatic rings. The van der Waals surface area contributed by atoms with Crippen LogP contribution in [0.15, 0.2) is 140 Å². The number of amides is 3. The van der Waals surface area contributed by atoms with Crippen LogP contribution in [0, 0.1) is 46.5 Å². The van der Waals surface area contributed by atoms with Crippen LogP contribution in [0.3, 0.4) is 0 Å². The Morgan fingerprint density at radius 2 is 0.794 bits per heavy atom. The maximum absolute atomic E-state index is 14.3. The third kappa shape index (κ3) is 40.1. The SMILES string of the molecule is C.CCOC(=O)c1c(Br)cnc(OC)c1F.COc1ncc(Br)c(CCl)c1F.COc1ncc(Br)c(CN)c1F.COc1ncc(Br)c(CN)c1F.COc1ncc(Br)c(CN2C(=O)c3ccccc3C2=O)c1F.COc1ncc(Br)c(CNC(=O)OC(C)(C)C)c1F.COc1ncc(Br)c(CO)c1F.COc1ncc(Br)cc1F.N.O=S(Cl)Cl.O=[C-]c1ccccc1[C-]=O.[K+]. The number of rotatable bonds is 20. The zero-order valence-corrected chi connectivity index (χ0v) is 89.0. The Hall–Kier alpha value is -6.96. The number of esters is 1. The number of hydrogen-bond acceptors (Lipinski definition) is 29. The molecular weight excluding hydrogens is 2390 g/mol. The fraction of sp³-hybridized carbons (Fsp3) is 0.266. The summed E-state index contributed by atoms with van der Waals surface area (Å²) in [6, 6.07) is 14.2. The number of nitrogens with zero attached hydrogens (tertiary/aromatic N) is 9. The minimum Gasteiger partial charge on any atom is -0.479 e. The van der Waals surface area contributed by atoms with Gasteiger partial charge in [-0.2, -0.15) is 0 Å². The molecule has 9 heterocycles. The van der Waals surface area contributed by atoms with E-state index in [9.17, 15) is 63.9 Å². The van der Waals surface area contributed by atoms with Gasteiger partial charge in [-0.15, -0.1) is 23.7 Å². The van der Waals surface area contributed by atoms with Crippen LogP contribution in [0.1, 0.15) is 111 Å². The molecule has 0 unspecified atom stereocenters. The van der Waals surface area contributed by atoms with Crippen LogP contribution in [-0.4, -0.2) is 160 Å². The number of nitrogens with two attached hydrogens (primary N) is 2. The number of halogens is 19. The number of aromatic nitrogens is 8. The molecule has 31 nitrogen and oxygen atoms in total. The maximum Gasteiger partial charge on any atom is 1.00 e. The monoisotopic (exact) mass is 2460 g/mol. The zero-order valence-electron chi connectivity index (χ0n) is 70.1. The van der Waals surface area contributed by atoms with E-state index in [0.717, 1.165) is 4.90 Å². The number of fused-ring (bicyclic) bond motifs is 1. The van der Waals surface area contributed by atoms with E-state index in [1.54, 1.807) is 76.7 Å². The second-order valence-electron chi connectivity index (χ2n) is 23.8. The number of carbonyl (C=O) groups excluding carboxylic acids is 6. The molecule has 0 fully saturated rings. The van der Waals surface area contributed by atoms with Gasteiger partial charge in [0.05, 0.1) is 105 Å². The van der Waals surface area contributed by atoms with Crippen molar-refractivity contribution >= 4 is 206 Å². The van der Waals surface area contributed by atoms with Crippen molar-refractivity contribution in [3.63, 3.8) is 0 Å². The largest absolute Gasteiger partial charge is 1.00 e. The summed E-state index contributed by atoms with van der Waals surface area (Å²) in [6.45, 7) is 6.69. The van der Waals surface area contributed by atoms with E-state index in [-0.39, 0.29) is 195 Å². The van der Waals surface area contributed by atoms with Gasteiger partial charge < -0.3 is 85.0 Å². The van der Waals surface area contributed by atoms with Crippen molar-refractivity contribution in [2.45, 2.75) is 79.4 Å². The third-order valence-electron chi connectivity index (χ3n) is 14.8. The van der Waals surface area contributed by atoms with Gasteiger partial charge in [-0.25, -0.2) is 101 Å². The number of imide groups is 1. The Bertz CT molecular complexity index is 5160. The number of pyridine rings is 8. The predicted molar refractivity (Wildman–Crippen MR) is 496 cm³/mol. The van der Waals surface area contributed by atoms with Crippen molar-refractivity contribution in [3.05, 3.63) is 248 Å². The predicted octanol–water partition coefficient (Wildman–Crippen LogP) is 16.5. The number of nitrogens with one attached hydrogen (secondary N) is 1. The average Bonchev–Trinajstić information content (AvgIpc) is 1.63. The molecule has 0 atom stereocenters. The molecular formula is C79H80Br8Cl3F8KN13O18S-. The Kier molecular flexibility index (Phi) is 63.2. The van der Waals surface area contributed by atoms with E-state index in [1.165, 1.54) is 125 Å². The summed E-state index contributed by atoms with van der Waals surface area (Å²) in [7, 11) is 18.0. The maximum atomic E-state index is 14.3. The third-order valence-corrected chi connectivity index (χ3v) is 20.2. The van der Waals surface area contributed by atoms with Gasteiger partial charge in [0.15, 0.2) is 40.7 Å². The molecule has 0 saturated heterocycles. The quantitative estimate of drug-likeness (QED) is 0.00900. The van der Waals surface area contributed by atoms with Crippen LogP contribution in [0.5, 0.6) is 47.0 Å². The van der Waals surface area contributed by atoms with Crippen molar-refractivity contribution in [1.29, 1.82) is 0 Å². The molecule has 1 aliphatic rings. The minimum atomic E-state index is -1.67. The fourth-order valence-corrected chi connectivity index (χ4v) is 12.6. The van der Waals surface area contributed by atoms with Crippen LogP contribution >= 0.6 is 160 Å². The van der Waals surface area contributed by atoms with Gasteiger partial charge in [0, 0.05) is 149 Å². The van der Waals surface area contributed by atoms with Crippen LogP contribution in [0.25, 0.3) is 0 Å². The van der Waals surface area contributed by atoms with Crippen LogP contribution in [0.4, 0.5) is 39.9 Å². The molecule has 2 aromatic carbocycles. The van der Waals surface area contributed by atoms with Gasteiger partial charge in [0.2, 0.25) is 26.8 Å². The summed E-state index contributed by atoms with van der Waals surface area (Å²) < 4.78 is 167. The van der Waals surface area contributed by atoms with Gasteiger partial charge in [0.1, 0.15) is 11.2 Å². The number of alkyl carbamates (subject to hydrolysis) is 1. The normalized spacial score (nSPS) is 10.3. The summed E-state index contributed by atoms with van der Waals surface area (Å²) in [5, 5.41) is 11.2. The van der Waals surface area contributed by atoms with Gasteiger partial charge in [-0.3, -0.25) is 25.6 Å². The molecule has 0 aliphatic carbocycles. The number of hydrogen-bond donors (Lipinski definition) is 5. The van der Waals surface area contributed by atoms with E-state index in [4.69, 9.17) is 51.3 Å². The number of benzene rings is 2. The Labute approximate surface area is 873 Å². The molecule has 0 radical (unpaired) electrons. The van der Waals surface area contributed by atoms with E-state index in [2.05, 4.69) is 222 Å². The van der Waals surface area contributed by atoms with Gasteiger partial charge in [0.25, 0.3) is 47.1 Å². The first-order valence-corrected chi connectivity index (χ1v) is 44.4. The molecule has 8 aromatic heterocycles. The number of aliphatic hydroxyl groups excluding tert-OH is 1. The van der Waals surface area contributed by atoms with E-state index in [0.29, 0.717) is 59.1 Å². The first-order chi connectivity index (χ1) is 60.6. The van der Waals surface area contributed by atoms with Crippen molar-refractivity contribution in [1.82, 2.24) is 56.2 Å². The molecule has 0 spiro atoms. The molecule has 9 N–H and O–H groups in total. The molecule has 11 rings (SSSR count). The second kappa shape index (κ2) is 65.7. The van der Waals surface area contributed by atoms with E-state index >= 15 is 0 Å². The number of aliphatic hydroxyl groups is 1. The standard InChI is InChI=1S/C15H10BrFN2O3.C12H16BrFN2O3.C9H9BrFNO3.C8H4O2.C7H6BrClFNO.2C7H8BrFN2O.C7H7BrFNO2.C6H5BrFNO.CH4.Cl2OS.K.H3N/c1-22-13-12(17)10(11(16)6-18-13)7-19-14(20)8-4-2-3-5-9(8)15(19)21;1-12(2,3)19-11(17)16-5-7-8(13)6-15-10(18-4)9(7)14;1-3-15-9(13)6-5(10)4-12-8(14-2)7(6)11;9-5-7-3-1-2-4-8(7)6-10;1-12-7-6(10)4(2-9)5(8)3-11-7;2*1-12-7-6(9)4(2-10)5(8)3-11-7;1-12-7-6(9)4(3-11)5(8)2-10-7;1-10-6-5(8)2-4(7)3-9-6;;1-4(2)3;;/h2-6H,7H2,1H3;6H,5H2,1-4H3,(H,16,17);4H,3H2,1-2H3;1-4H;3H,2H2,1H3;2*3H,2,10H2,1H3;2,11H,3H2,1H3;2-3H,1H3;1H4;;;1H3/q;;;-2;;;;;;;;+1;. The van der Waals surface area contributed by atoms with Gasteiger partial charge >= 0.3 is 63.4 Å². The summed E-state index contributed by atoms with van der Waals surface area (Å²) in [4.78, 5) is 98.3. The Morgan fingerprint density at radius 3 is 1.12 bits per heavy atom. The fourth-order valence-electron chi connectivity index (χ4n) is 8.92. The summed E-state index contributed by atoms with van der Waals surface area (Å²) >= 11 is 30.4. The summed E-state index contributed by atoms with van der Waals surface area (Å²) in [5.74, 6) is -7.03. The van der Waals surface area contributed by atoms with Crippen LogP contribution < -0.4 is 112 Å². The van der Waals surface area contributed by atoms with Gasteiger partial charge in [-0.05, 0) is 186 Å². The van der Waals surface area contributed by atoms with E-state index < -0.39 is 85.2 Å². The first-order valence-electron chi connectivity index (χ1n) is 34.8. The van der Waals surface area contributed by atoms with Gasteiger partial charge in [-0.1, -0.05) is 19.6 Å². The molecule has 131 heavy (non-hydrogen) atoms. The number of alkyl halides is 1. The van der Waals surface area contributed by atoms with E-state index in [1.807, 2.05) is 0 Å². The molecule has 3 amide bonds. The topological polar surface area (TPSA) is 437 Å². The Morgan fingerprint density at radius 1 is 0.496 bits per heavy atom. The summed E-state index contributed by atoms with van der Waals surface area (Å²) in [6.07, 6.45) is 14.0. The minimum absolute atomic E-state index is 0. The summed E-state index contributed by atoms with van der Waals surface area (Å²) in [5.41, 5.74) is 12.7. The van der Waals surface area contributed by atoms with Crippen LogP contribution in [0.2, 0.25) is 0 Å². The Balaban J connectivity index is 0. The molecule has 710 valence electrons. The number of carbonyl (C=O) groups is 4. The first kappa shape index (κ1) is 126.